The molecule has 4 heterocycles. The molecule has 0 bridgehead atoms. The number of aromatic nitrogens is 3. The van der Waals surface area contributed by atoms with Crippen molar-refractivity contribution in [2.24, 2.45) is 0 Å². The molecule has 3 aromatic heterocycles. The Bertz CT molecular complexity index is 1230. The third-order valence-electron chi connectivity index (χ3n) is 5.29. The molecule has 2 N–H and O–H groups in total. The molecule has 0 radical (unpaired) electrons. The number of fused-ring (bicyclic) bond motifs is 2. The van der Waals surface area contributed by atoms with Crippen LogP contribution in [0.15, 0.2) is 53.6 Å². The molecule has 0 spiro atoms. The Morgan fingerprint density at radius 2 is 1.93 bits per heavy atom. The zero-order chi connectivity index (χ0) is 19.3. The maximum Gasteiger partial charge on any atom is 0.194 e. The van der Waals surface area contributed by atoms with Crippen LogP contribution < -0.4 is 10.7 Å². The first-order chi connectivity index (χ1) is 13.7. The standard InChI is InChI=1S/C22H20N4OS/c1-3-13-6-8-16(28-13)18-19-17(20(26-18)22-23-9-4-10-24-22)21(27)14-11-12(2)5-7-15(14)25-19/h4-11,18,20,26H,3H2,1-2H3,(H,25,27). The van der Waals surface area contributed by atoms with E-state index in [-0.39, 0.29) is 17.5 Å². The van der Waals surface area contributed by atoms with Crippen molar-refractivity contribution < 1.29 is 0 Å². The topological polar surface area (TPSA) is 70.7 Å². The van der Waals surface area contributed by atoms with Crippen molar-refractivity contribution in [2.75, 3.05) is 0 Å². The molecule has 1 aliphatic heterocycles. The van der Waals surface area contributed by atoms with Crippen LogP contribution in [0.2, 0.25) is 0 Å². The van der Waals surface area contributed by atoms with Crippen LogP contribution in [-0.2, 0) is 6.42 Å². The second-order valence-electron chi connectivity index (χ2n) is 7.13. The molecule has 0 fully saturated rings. The number of thiophene rings is 1. The maximum absolute atomic E-state index is 13.5. The van der Waals surface area contributed by atoms with Crippen LogP contribution in [0.1, 0.15) is 51.4 Å². The van der Waals surface area contributed by atoms with Crippen LogP contribution in [0.5, 0.6) is 0 Å². The minimum absolute atomic E-state index is 0.0483. The van der Waals surface area contributed by atoms with Crippen molar-refractivity contribution in [3.63, 3.8) is 0 Å². The summed E-state index contributed by atoms with van der Waals surface area (Å²) >= 11 is 1.78. The number of nitrogens with zero attached hydrogens (tertiary/aromatic N) is 2. The molecular formula is C22H20N4OS. The number of aryl methyl sites for hydroxylation is 2. The Morgan fingerprint density at radius 1 is 1.11 bits per heavy atom. The number of hydrogen-bond donors (Lipinski definition) is 2. The molecule has 0 saturated heterocycles. The largest absolute Gasteiger partial charge is 0.356 e. The Morgan fingerprint density at radius 3 is 2.68 bits per heavy atom. The van der Waals surface area contributed by atoms with E-state index in [1.807, 2.05) is 25.1 Å². The lowest BCUT2D eigenvalue weighted by Gasteiger charge is -2.12. The highest BCUT2D eigenvalue weighted by Gasteiger charge is 2.37. The van der Waals surface area contributed by atoms with Crippen LogP contribution in [0, 0.1) is 6.92 Å². The fraction of sp³-hybridized carbons (Fsp3) is 0.227. The fourth-order valence-corrected chi connectivity index (χ4v) is 4.93. The summed E-state index contributed by atoms with van der Waals surface area (Å²) in [5.41, 5.74) is 3.62. The lowest BCUT2D eigenvalue weighted by atomic mass is 10.0. The van der Waals surface area contributed by atoms with Gasteiger partial charge in [0.2, 0.25) is 0 Å². The van der Waals surface area contributed by atoms with E-state index in [0.29, 0.717) is 11.2 Å². The van der Waals surface area contributed by atoms with Crippen LogP contribution in [0.25, 0.3) is 10.9 Å². The van der Waals surface area contributed by atoms with Gasteiger partial charge in [0.25, 0.3) is 0 Å². The fourth-order valence-electron chi connectivity index (χ4n) is 3.91. The van der Waals surface area contributed by atoms with E-state index in [1.165, 1.54) is 9.75 Å². The summed E-state index contributed by atoms with van der Waals surface area (Å²) in [6.45, 7) is 4.16. The van der Waals surface area contributed by atoms with Gasteiger partial charge >= 0.3 is 0 Å². The van der Waals surface area contributed by atoms with Gasteiger partial charge in [-0.05, 0) is 43.7 Å². The molecule has 2 unspecified atom stereocenters. The molecule has 6 heteroatoms. The summed E-state index contributed by atoms with van der Waals surface area (Å²) in [6, 6.07) is 11.7. The normalized spacial score (nSPS) is 18.5. The van der Waals surface area contributed by atoms with Gasteiger partial charge in [-0.15, -0.1) is 11.3 Å². The number of pyridine rings is 1. The van der Waals surface area contributed by atoms with Crippen molar-refractivity contribution in [3.05, 3.63) is 91.4 Å². The minimum atomic E-state index is -0.331. The summed E-state index contributed by atoms with van der Waals surface area (Å²) in [7, 11) is 0. The Kier molecular flexibility index (Phi) is 4.10. The zero-order valence-corrected chi connectivity index (χ0v) is 16.5. The number of nitrogens with one attached hydrogen (secondary N) is 2. The molecular weight excluding hydrogens is 368 g/mol. The molecule has 1 aliphatic rings. The van der Waals surface area contributed by atoms with Crippen LogP contribution >= 0.6 is 11.3 Å². The Balaban J connectivity index is 1.76. The quantitative estimate of drug-likeness (QED) is 0.556. The van der Waals surface area contributed by atoms with Gasteiger partial charge in [-0.2, -0.15) is 0 Å². The number of H-pyrrole nitrogens is 1. The van der Waals surface area contributed by atoms with E-state index in [0.717, 1.165) is 28.8 Å². The van der Waals surface area contributed by atoms with E-state index in [4.69, 9.17) is 0 Å². The van der Waals surface area contributed by atoms with Crippen molar-refractivity contribution in [3.8, 4) is 0 Å². The third-order valence-corrected chi connectivity index (χ3v) is 6.59. The summed E-state index contributed by atoms with van der Waals surface area (Å²) in [4.78, 5) is 28.4. The first kappa shape index (κ1) is 17.3. The number of rotatable bonds is 3. The second-order valence-corrected chi connectivity index (χ2v) is 8.33. The summed E-state index contributed by atoms with van der Waals surface area (Å²) in [5, 5.41) is 4.32. The minimum Gasteiger partial charge on any atom is -0.356 e. The predicted molar refractivity (Wildman–Crippen MR) is 112 cm³/mol. The van der Waals surface area contributed by atoms with Crippen LogP contribution in [0.3, 0.4) is 0 Å². The smallest absolute Gasteiger partial charge is 0.194 e. The van der Waals surface area contributed by atoms with Crippen molar-refractivity contribution in [1.29, 1.82) is 0 Å². The molecule has 1 aromatic carbocycles. The highest BCUT2D eigenvalue weighted by molar-refractivity contribution is 7.12. The Hall–Kier alpha value is -2.83. The van der Waals surface area contributed by atoms with Crippen LogP contribution in [-0.4, -0.2) is 15.0 Å². The maximum atomic E-state index is 13.5. The predicted octanol–water partition coefficient (Wildman–Crippen LogP) is 4.03. The second kappa shape index (κ2) is 6.65. The highest BCUT2D eigenvalue weighted by Crippen LogP contribution is 2.39. The summed E-state index contributed by atoms with van der Waals surface area (Å²) in [6.07, 6.45) is 4.44. The number of benzene rings is 1. The number of hydrogen-bond acceptors (Lipinski definition) is 5. The van der Waals surface area contributed by atoms with Gasteiger partial charge in [0.05, 0.1) is 12.1 Å². The van der Waals surface area contributed by atoms with E-state index in [1.54, 1.807) is 29.8 Å². The average molecular weight is 388 g/mol. The zero-order valence-electron chi connectivity index (χ0n) is 15.7. The summed E-state index contributed by atoms with van der Waals surface area (Å²) < 4.78 is 0. The summed E-state index contributed by atoms with van der Waals surface area (Å²) in [5.74, 6) is 0.621. The molecule has 28 heavy (non-hydrogen) atoms. The van der Waals surface area contributed by atoms with E-state index < -0.39 is 0 Å². The van der Waals surface area contributed by atoms with Gasteiger partial charge < -0.3 is 4.98 Å². The van der Waals surface area contributed by atoms with Gasteiger partial charge in [-0.3, -0.25) is 10.1 Å². The van der Waals surface area contributed by atoms with E-state index in [2.05, 4.69) is 39.3 Å². The van der Waals surface area contributed by atoms with Crippen molar-refractivity contribution in [1.82, 2.24) is 20.3 Å². The van der Waals surface area contributed by atoms with E-state index >= 15 is 0 Å². The molecule has 0 amide bonds. The average Bonchev–Trinajstić information content (AvgIpc) is 3.34. The van der Waals surface area contributed by atoms with Gasteiger partial charge in [-0.25, -0.2) is 9.97 Å². The molecule has 140 valence electrons. The third kappa shape index (κ3) is 2.68. The van der Waals surface area contributed by atoms with Gasteiger partial charge in [0, 0.05) is 44.3 Å². The monoisotopic (exact) mass is 388 g/mol. The van der Waals surface area contributed by atoms with Crippen molar-refractivity contribution in [2.45, 2.75) is 32.4 Å². The number of aromatic amines is 1. The molecule has 5 nitrogen and oxygen atoms in total. The van der Waals surface area contributed by atoms with Gasteiger partial charge in [-0.1, -0.05) is 18.6 Å². The first-order valence-corrected chi connectivity index (χ1v) is 10.3. The molecule has 2 atom stereocenters. The first-order valence-electron chi connectivity index (χ1n) is 9.43. The SMILES string of the molecule is CCc1ccc(C2NC(c3ncccn3)c3c2[nH]c2ccc(C)cc2c3=O)s1. The highest BCUT2D eigenvalue weighted by atomic mass is 32.1. The van der Waals surface area contributed by atoms with Gasteiger partial charge in [0.1, 0.15) is 5.82 Å². The molecule has 5 rings (SSSR count). The van der Waals surface area contributed by atoms with Crippen molar-refractivity contribution >= 4 is 22.2 Å². The lowest BCUT2D eigenvalue weighted by Crippen LogP contribution is -2.23. The van der Waals surface area contributed by atoms with Crippen LogP contribution in [0.4, 0.5) is 0 Å². The Labute approximate surface area is 166 Å². The molecule has 0 saturated carbocycles. The lowest BCUT2D eigenvalue weighted by molar-refractivity contribution is 0.577. The van der Waals surface area contributed by atoms with E-state index in [9.17, 15) is 4.79 Å². The van der Waals surface area contributed by atoms with Gasteiger partial charge in [0.15, 0.2) is 5.43 Å². The molecule has 4 aromatic rings. The molecule has 0 aliphatic carbocycles.